The first kappa shape index (κ1) is 17.7. The minimum Gasteiger partial charge on any atom is -0.481 e. The molecule has 0 aliphatic rings. The number of amides is 1. The molecule has 0 aromatic heterocycles. The van der Waals surface area contributed by atoms with E-state index in [2.05, 4.69) is 5.32 Å². The fourth-order valence-electron chi connectivity index (χ4n) is 2.31. The lowest BCUT2D eigenvalue weighted by molar-refractivity contribution is -0.122. The van der Waals surface area contributed by atoms with Gasteiger partial charge in [-0.25, -0.2) is 0 Å². The number of carbonyl (C=O) groups is 2. The highest BCUT2D eigenvalue weighted by Crippen LogP contribution is 2.19. The van der Waals surface area contributed by atoms with Gasteiger partial charge >= 0.3 is 0 Å². The Labute approximate surface area is 142 Å². The molecule has 0 aliphatic heterocycles. The molecule has 2 aromatic rings. The number of anilines is 1. The summed E-state index contributed by atoms with van der Waals surface area (Å²) in [6, 6.07) is 12.7. The number of hydrogen-bond acceptors (Lipinski definition) is 3. The summed E-state index contributed by atoms with van der Waals surface area (Å²) >= 11 is 0. The molecule has 0 fully saturated rings. The molecule has 0 bridgehead atoms. The lowest BCUT2D eigenvalue weighted by Gasteiger charge is -2.18. The standard InChI is InChI=1S/C20H23NO3/c1-5-19(24-18-10-9-13(2)14(3)11-18)20(23)21-17-8-6-7-16(12-17)15(4)22/h6-12,19H,5H2,1-4H3,(H,21,23)/t19-/m1/s1. The van der Waals surface area contributed by atoms with Gasteiger partial charge in [0, 0.05) is 11.3 Å². The molecule has 2 aromatic carbocycles. The third kappa shape index (κ3) is 4.44. The topological polar surface area (TPSA) is 55.4 Å². The molecule has 0 spiro atoms. The second kappa shape index (κ2) is 7.77. The summed E-state index contributed by atoms with van der Waals surface area (Å²) < 4.78 is 5.83. The number of rotatable bonds is 6. The number of Topliss-reactive ketones (excluding diaryl/α,β-unsaturated/α-hetero) is 1. The average molecular weight is 325 g/mol. The van der Waals surface area contributed by atoms with Gasteiger partial charge in [-0.1, -0.05) is 25.1 Å². The Hall–Kier alpha value is -2.62. The van der Waals surface area contributed by atoms with Crippen molar-refractivity contribution in [1.29, 1.82) is 0 Å². The summed E-state index contributed by atoms with van der Waals surface area (Å²) in [6.07, 6.45) is -0.0429. The van der Waals surface area contributed by atoms with Crippen LogP contribution in [0.5, 0.6) is 5.75 Å². The summed E-state index contributed by atoms with van der Waals surface area (Å²) in [7, 11) is 0. The van der Waals surface area contributed by atoms with Crippen LogP contribution in [-0.4, -0.2) is 17.8 Å². The molecule has 1 N–H and O–H groups in total. The molecule has 1 atom stereocenters. The third-order valence-electron chi connectivity index (χ3n) is 3.96. The van der Waals surface area contributed by atoms with Crippen LogP contribution in [0, 0.1) is 13.8 Å². The molecule has 0 aliphatic carbocycles. The van der Waals surface area contributed by atoms with Gasteiger partial charge in [-0.15, -0.1) is 0 Å². The van der Waals surface area contributed by atoms with Crippen molar-refractivity contribution in [2.45, 2.75) is 40.2 Å². The van der Waals surface area contributed by atoms with Gasteiger partial charge in [-0.05, 0) is 62.6 Å². The number of benzene rings is 2. The molecule has 1 amide bonds. The Balaban J connectivity index is 2.09. The molecule has 0 saturated carbocycles. The molecule has 2 rings (SSSR count). The Bertz CT molecular complexity index is 752. The van der Waals surface area contributed by atoms with Crippen LogP contribution in [0.4, 0.5) is 5.69 Å². The average Bonchev–Trinajstić information content (AvgIpc) is 2.55. The quantitative estimate of drug-likeness (QED) is 0.806. The monoisotopic (exact) mass is 325 g/mol. The van der Waals surface area contributed by atoms with E-state index in [0.717, 1.165) is 5.56 Å². The highest BCUT2D eigenvalue weighted by molar-refractivity contribution is 5.98. The zero-order valence-electron chi connectivity index (χ0n) is 14.6. The largest absolute Gasteiger partial charge is 0.481 e. The van der Waals surface area contributed by atoms with Crippen LogP contribution in [0.15, 0.2) is 42.5 Å². The molecular weight excluding hydrogens is 302 g/mol. The van der Waals surface area contributed by atoms with E-state index in [1.807, 2.05) is 39.0 Å². The second-order valence-corrected chi connectivity index (χ2v) is 5.89. The minimum atomic E-state index is -0.590. The Morgan fingerprint density at radius 2 is 1.83 bits per heavy atom. The van der Waals surface area contributed by atoms with Crippen molar-refractivity contribution in [2.75, 3.05) is 5.32 Å². The highest BCUT2D eigenvalue weighted by atomic mass is 16.5. The van der Waals surface area contributed by atoms with Crippen molar-refractivity contribution in [2.24, 2.45) is 0 Å². The maximum atomic E-state index is 12.5. The van der Waals surface area contributed by atoms with Crippen molar-refractivity contribution >= 4 is 17.4 Å². The van der Waals surface area contributed by atoms with E-state index in [4.69, 9.17) is 4.74 Å². The van der Waals surface area contributed by atoms with E-state index in [-0.39, 0.29) is 11.7 Å². The number of hydrogen-bond donors (Lipinski definition) is 1. The third-order valence-corrected chi connectivity index (χ3v) is 3.96. The fraction of sp³-hybridized carbons (Fsp3) is 0.300. The van der Waals surface area contributed by atoms with Gasteiger partial charge in [-0.2, -0.15) is 0 Å². The van der Waals surface area contributed by atoms with Crippen LogP contribution in [0.25, 0.3) is 0 Å². The summed E-state index contributed by atoms with van der Waals surface area (Å²) in [5, 5.41) is 2.82. The van der Waals surface area contributed by atoms with E-state index in [0.29, 0.717) is 23.4 Å². The van der Waals surface area contributed by atoms with Crippen molar-refractivity contribution in [3.05, 3.63) is 59.2 Å². The van der Waals surface area contributed by atoms with Crippen molar-refractivity contribution in [3.8, 4) is 5.75 Å². The molecule has 126 valence electrons. The van der Waals surface area contributed by atoms with Crippen molar-refractivity contribution < 1.29 is 14.3 Å². The maximum Gasteiger partial charge on any atom is 0.265 e. The van der Waals surface area contributed by atoms with Gasteiger partial charge in [0.05, 0.1) is 0 Å². The van der Waals surface area contributed by atoms with Crippen LogP contribution in [0.3, 0.4) is 0 Å². The summed E-state index contributed by atoms with van der Waals surface area (Å²) in [4.78, 5) is 23.9. The van der Waals surface area contributed by atoms with Gasteiger partial charge in [0.25, 0.3) is 5.91 Å². The molecular formula is C20H23NO3. The zero-order valence-corrected chi connectivity index (χ0v) is 14.6. The van der Waals surface area contributed by atoms with Crippen LogP contribution in [0.1, 0.15) is 41.8 Å². The van der Waals surface area contributed by atoms with Gasteiger partial charge < -0.3 is 10.1 Å². The molecule has 4 heteroatoms. The summed E-state index contributed by atoms with van der Waals surface area (Å²) in [5.74, 6) is 0.415. The molecule has 24 heavy (non-hydrogen) atoms. The maximum absolute atomic E-state index is 12.5. The first-order valence-electron chi connectivity index (χ1n) is 8.06. The smallest absolute Gasteiger partial charge is 0.265 e. The van der Waals surface area contributed by atoms with E-state index < -0.39 is 6.10 Å². The van der Waals surface area contributed by atoms with Crippen LogP contribution in [0.2, 0.25) is 0 Å². The molecule has 0 radical (unpaired) electrons. The summed E-state index contributed by atoms with van der Waals surface area (Å²) in [6.45, 7) is 7.44. The fourth-order valence-corrected chi connectivity index (χ4v) is 2.31. The number of ketones is 1. The summed E-state index contributed by atoms with van der Waals surface area (Å²) in [5.41, 5.74) is 3.46. The molecule has 0 saturated heterocycles. The van der Waals surface area contributed by atoms with Crippen molar-refractivity contribution in [1.82, 2.24) is 0 Å². The lowest BCUT2D eigenvalue weighted by Crippen LogP contribution is -2.32. The van der Waals surface area contributed by atoms with E-state index in [9.17, 15) is 9.59 Å². The minimum absolute atomic E-state index is 0.0375. The SMILES string of the molecule is CC[C@@H](Oc1ccc(C)c(C)c1)C(=O)Nc1cccc(C(C)=O)c1. The Morgan fingerprint density at radius 1 is 1.08 bits per heavy atom. The molecule has 0 unspecified atom stereocenters. The van der Waals surface area contributed by atoms with E-state index in [1.165, 1.54) is 12.5 Å². The second-order valence-electron chi connectivity index (χ2n) is 5.89. The number of ether oxygens (including phenoxy) is 1. The lowest BCUT2D eigenvalue weighted by atomic mass is 10.1. The van der Waals surface area contributed by atoms with Gasteiger partial charge in [-0.3, -0.25) is 9.59 Å². The Morgan fingerprint density at radius 3 is 2.46 bits per heavy atom. The van der Waals surface area contributed by atoms with E-state index in [1.54, 1.807) is 24.3 Å². The normalized spacial score (nSPS) is 11.7. The van der Waals surface area contributed by atoms with Crippen LogP contribution in [-0.2, 0) is 4.79 Å². The first-order chi connectivity index (χ1) is 11.4. The number of carbonyl (C=O) groups excluding carboxylic acids is 2. The first-order valence-corrected chi connectivity index (χ1v) is 8.06. The molecule has 4 nitrogen and oxygen atoms in total. The van der Waals surface area contributed by atoms with Crippen LogP contribution >= 0.6 is 0 Å². The number of aryl methyl sites for hydroxylation is 2. The predicted molar refractivity (Wildman–Crippen MR) is 95.7 cm³/mol. The van der Waals surface area contributed by atoms with Crippen molar-refractivity contribution in [3.63, 3.8) is 0 Å². The predicted octanol–water partition coefficient (Wildman–Crippen LogP) is 4.30. The zero-order chi connectivity index (χ0) is 17.7. The van der Waals surface area contributed by atoms with Crippen LogP contribution < -0.4 is 10.1 Å². The van der Waals surface area contributed by atoms with Gasteiger partial charge in [0.1, 0.15) is 5.75 Å². The highest BCUT2D eigenvalue weighted by Gasteiger charge is 2.19. The number of nitrogens with one attached hydrogen (secondary N) is 1. The molecule has 0 heterocycles. The van der Waals surface area contributed by atoms with E-state index >= 15 is 0 Å². The Kier molecular flexibility index (Phi) is 5.74. The van der Waals surface area contributed by atoms with Gasteiger partial charge in [0.2, 0.25) is 0 Å². The van der Waals surface area contributed by atoms with Gasteiger partial charge in [0.15, 0.2) is 11.9 Å².